The van der Waals surface area contributed by atoms with Crippen molar-refractivity contribution in [3.8, 4) is 0 Å². The number of hydrogen-bond acceptors (Lipinski definition) is 3. The lowest BCUT2D eigenvalue weighted by molar-refractivity contribution is 0.459. The normalized spacial score (nSPS) is 22.4. The molecule has 0 bridgehead atoms. The molecule has 150 valence electrons. The van der Waals surface area contributed by atoms with Gasteiger partial charge in [-0.1, -0.05) is 36.4 Å². The summed E-state index contributed by atoms with van der Waals surface area (Å²) < 4.78 is 0. The first-order chi connectivity index (χ1) is 13.2. The highest BCUT2D eigenvalue weighted by Gasteiger charge is 2.39. The van der Waals surface area contributed by atoms with Gasteiger partial charge in [-0.25, -0.2) is 4.98 Å². The minimum absolute atomic E-state index is 0. The second kappa shape index (κ2) is 9.58. The fourth-order valence-electron chi connectivity index (χ4n) is 3.92. The van der Waals surface area contributed by atoms with Gasteiger partial charge in [0.2, 0.25) is 0 Å². The van der Waals surface area contributed by atoms with E-state index in [2.05, 4.69) is 68.0 Å². The number of aromatic nitrogens is 1. The van der Waals surface area contributed by atoms with Gasteiger partial charge < -0.3 is 15.5 Å². The van der Waals surface area contributed by atoms with Crippen LogP contribution in [0.1, 0.15) is 36.4 Å². The number of benzene rings is 1. The highest BCUT2D eigenvalue weighted by molar-refractivity contribution is 14.0. The molecule has 0 spiro atoms. The maximum atomic E-state index is 4.65. The number of nitrogens with zero attached hydrogens (tertiary/aromatic N) is 3. The van der Waals surface area contributed by atoms with Crippen LogP contribution >= 0.6 is 24.0 Å². The smallest absolute Gasteiger partial charge is 0.191 e. The van der Waals surface area contributed by atoms with Gasteiger partial charge in [-0.3, -0.25) is 4.99 Å². The molecular weight excluding hydrogens is 461 g/mol. The van der Waals surface area contributed by atoms with Gasteiger partial charge in [0.05, 0.1) is 0 Å². The number of guanidine groups is 1. The zero-order valence-electron chi connectivity index (χ0n) is 16.6. The minimum Gasteiger partial charge on any atom is -0.356 e. The SMILES string of the molecule is CN=C(NC1CCN(c2cccc(C)n2)CC1)NC1CC1c1ccccc1.I. The Hall–Kier alpha value is -1.83. The molecule has 2 aromatic rings. The molecule has 1 aromatic carbocycles. The van der Waals surface area contributed by atoms with E-state index in [1.807, 2.05) is 20.0 Å². The molecule has 2 N–H and O–H groups in total. The van der Waals surface area contributed by atoms with Crippen LogP contribution in [0, 0.1) is 6.92 Å². The molecule has 2 heterocycles. The van der Waals surface area contributed by atoms with Crippen molar-refractivity contribution in [2.75, 3.05) is 25.0 Å². The minimum atomic E-state index is 0. The summed E-state index contributed by atoms with van der Waals surface area (Å²) in [5.41, 5.74) is 2.50. The Balaban J connectivity index is 0.00000225. The molecule has 2 fully saturated rings. The van der Waals surface area contributed by atoms with Crippen molar-refractivity contribution in [3.63, 3.8) is 0 Å². The Kier molecular flexibility index (Phi) is 7.15. The average Bonchev–Trinajstić information content (AvgIpc) is 3.48. The van der Waals surface area contributed by atoms with E-state index in [4.69, 9.17) is 0 Å². The second-order valence-corrected chi connectivity index (χ2v) is 7.62. The summed E-state index contributed by atoms with van der Waals surface area (Å²) in [6.45, 7) is 4.11. The fourth-order valence-corrected chi connectivity index (χ4v) is 3.92. The van der Waals surface area contributed by atoms with E-state index in [1.54, 1.807) is 0 Å². The van der Waals surface area contributed by atoms with Crippen molar-refractivity contribution in [2.45, 2.75) is 44.2 Å². The number of aliphatic imine (C=N–C) groups is 1. The molecule has 1 aliphatic carbocycles. The Bertz CT molecular complexity index is 787. The van der Waals surface area contributed by atoms with Gasteiger partial charge in [0, 0.05) is 43.8 Å². The number of piperidine rings is 1. The Labute approximate surface area is 185 Å². The van der Waals surface area contributed by atoms with Crippen LogP contribution in [0.3, 0.4) is 0 Å². The van der Waals surface area contributed by atoms with E-state index in [-0.39, 0.29) is 24.0 Å². The summed E-state index contributed by atoms with van der Waals surface area (Å²) in [4.78, 5) is 11.5. The third kappa shape index (κ3) is 5.16. The molecule has 0 radical (unpaired) electrons. The number of hydrogen-bond donors (Lipinski definition) is 2. The highest BCUT2D eigenvalue weighted by atomic mass is 127. The fraction of sp³-hybridized carbons (Fsp3) is 0.455. The lowest BCUT2D eigenvalue weighted by atomic mass is 10.1. The molecule has 5 nitrogen and oxygen atoms in total. The lowest BCUT2D eigenvalue weighted by Gasteiger charge is -2.34. The summed E-state index contributed by atoms with van der Waals surface area (Å²) >= 11 is 0. The second-order valence-electron chi connectivity index (χ2n) is 7.62. The van der Waals surface area contributed by atoms with Crippen LogP contribution in [0.15, 0.2) is 53.5 Å². The number of halogens is 1. The molecule has 2 aliphatic rings. The summed E-state index contributed by atoms with van der Waals surface area (Å²) in [6.07, 6.45) is 3.38. The molecular formula is C22H30IN5. The Morgan fingerprint density at radius 2 is 1.79 bits per heavy atom. The van der Waals surface area contributed by atoms with E-state index in [9.17, 15) is 0 Å². The van der Waals surface area contributed by atoms with E-state index in [0.717, 1.165) is 43.4 Å². The van der Waals surface area contributed by atoms with E-state index >= 15 is 0 Å². The van der Waals surface area contributed by atoms with Gasteiger partial charge in [-0.05, 0) is 43.9 Å². The summed E-state index contributed by atoms with van der Waals surface area (Å²) in [6, 6.07) is 18.0. The van der Waals surface area contributed by atoms with E-state index in [1.165, 1.54) is 12.0 Å². The van der Waals surface area contributed by atoms with Crippen LogP contribution in [0.2, 0.25) is 0 Å². The first kappa shape index (κ1) is 20.9. The van der Waals surface area contributed by atoms with Crippen LogP contribution in [-0.4, -0.2) is 43.2 Å². The molecule has 28 heavy (non-hydrogen) atoms. The Morgan fingerprint density at radius 1 is 1.04 bits per heavy atom. The monoisotopic (exact) mass is 491 g/mol. The van der Waals surface area contributed by atoms with Crippen LogP contribution in [0.25, 0.3) is 0 Å². The molecule has 4 rings (SSSR count). The van der Waals surface area contributed by atoms with Crippen molar-refractivity contribution < 1.29 is 0 Å². The molecule has 2 atom stereocenters. The maximum absolute atomic E-state index is 4.65. The van der Waals surface area contributed by atoms with Crippen molar-refractivity contribution in [1.82, 2.24) is 15.6 Å². The molecule has 1 aromatic heterocycles. The molecule has 2 unspecified atom stereocenters. The van der Waals surface area contributed by atoms with Crippen LogP contribution in [0.4, 0.5) is 5.82 Å². The summed E-state index contributed by atoms with van der Waals surface area (Å²) in [7, 11) is 1.86. The Morgan fingerprint density at radius 3 is 2.46 bits per heavy atom. The zero-order valence-corrected chi connectivity index (χ0v) is 19.0. The lowest BCUT2D eigenvalue weighted by Crippen LogP contribution is -2.49. The molecule has 0 amide bonds. The van der Waals surface area contributed by atoms with Crippen molar-refractivity contribution in [2.24, 2.45) is 4.99 Å². The first-order valence-electron chi connectivity index (χ1n) is 9.96. The van der Waals surface area contributed by atoms with Gasteiger partial charge in [-0.15, -0.1) is 24.0 Å². The van der Waals surface area contributed by atoms with Crippen molar-refractivity contribution in [3.05, 3.63) is 59.8 Å². The van der Waals surface area contributed by atoms with Gasteiger partial charge in [-0.2, -0.15) is 0 Å². The van der Waals surface area contributed by atoms with Gasteiger partial charge in [0.15, 0.2) is 5.96 Å². The van der Waals surface area contributed by atoms with Crippen LogP contribution in [0.5, 0.6) is 0 Å². The first-order valence-corrected chi connectivity index (χ1v) is 9.96. The quantitative estimate of drug-likeness (QED) is 0.389. The number of nitrogens with one attached hydrogen (secondary N) is 2. The molecule has 1 saturated heterocycles. The summed E-state index contributed by atoms with van der Waals surface area (Å²) in [5.74, 6) is 2.64. The number of aryl methyl sites for hydroxylation is 1. The third-order valence-corrected chi connectivity index (χ3v) is 5.60. The van der Waals surface area contributed by atoms with E-state index in [0.29, 0.717) is 18.0 Å². The van der Waals surface area contributed by atoms with Crippen LogP contribution < -0.4 is 15.5 Å². The number of rotatable bonds is 4. The predicted molar refractivity (Wildman–Crippen MR) is 127 cm³/mol. The van der Waals surface area contributed by atoms with Gasteiger partial charge in [0.25, 0.3) is 0 Å². The van der Waals surface area contributed by atoms with Crippen molar-refractivity contribution in [1.29, 1.82) is 0 Å². The van der Waals surface area contributed by atoms with Crippen LogP contribution in [-0.2, 0) is 0 Å². The standard InChI is InChI=1S/C22H29N5.HI/c1-16-7-6-10-21(24-16)27-13-11-18(12-14-27)25-22(23-2)26-20-15-19(20)17-8-4-3-5-9-17;/h3-10,18-20H,11-15H2,1-2H3,(H2,23,25,26);1H. The molecule has 1 aliphatic heterocycles. The largest absolute Gasteiger partial charge is 0.356 e. The average molecular weight is 491 g/mol. The number of pyridine rings is 1. The van der Waals surface area contributed by atoms with Gasteiger partial charge >= 0.3 is 0 Å². The molecule has 1 saturated carbocycles. The maximum Gasteiger partial charge on any atom is 0.191 e. The number of anilines is 1. The highest BCUT2D eigenvalue weighted by Crippen LogP contribution is 2.40. The third-order valence-electron chi connectivity index (χ3n) is 5.60. The molecule has 6 heteroatoms. The van der Waals surface area contributed by atoms with Crippen molar-refractivity contribution >= 4 is 35.8 Å². The predicted octanol–water partition coefficient (Wildman–Crippen LogP) is 3.70. The van der Waals surface area contributed by atoms with Gasteiger partial charge in [0.1, 0.15) is 5.82 Å². The zero-order chi connectivity index (χ0) is 18.6. The summed E-state index contributed by atoms with van der Waals surface area (Å²) in [5, 5.41) is 7.22. The topological polar surface area (TPSA) is 52.6 Å². The van der Waals surface area contributed by atoms with E-state index < -0.39 is 0 Å².